The van der Waals surface area contributed by atoms with Crippen molar-refractivity contribution >= 4 is 0 Å². The number of rotatable bonds is 4. The summed E-state index contributed by atoms with van der Waals surface area (Å²) in [4.78, 5) is 12.3. The Labute approximate surface area is 92.9 Å². The van der Waals surface area contributed by atoms with Crippen molar-refractivity contribution in [2.45, 2.75) is 25.8 Å². The Balaban J connectivity index is 2.14. The Kier molecular flexibility index (Phi) is 3.21. The summed E-state index contributed by atoms with van der Waals surface area (Å²) in [7, 11) is 0. The molecule has 0 aliphatic heterocycles. The van der Waals surface area contributed by atoms with Gasteiger partial charge in [0.25, 0.3) is 0 Å². The van der Waals surface area contributed by atoms with Gasteiger partial charge in [-0.05, 0) is 12.5 Å². The predicted molar refractivity (Wildman–Crippen MR) is 57.3 cm³/mol. The van der Waals surface area contributed by atoms with E-state index in [-0.39, 0.29) is 6.04 Å². The van der Waals surface area contributed by atoms with Crippen LogP contribution in [0.5, 0.6) is 0 Å². The standard InChI is InChI=1S/C10H13N5O/c1-2-7(11)6-8-14-10(15-16-8)9-12-4-3-5-13-9/h3-5,7H,2,6,11H2,1H3. The summed E-state index contributed by atoms with van der Waals surface area (Å²) in [5.74, 6) is 1.39. The summed E-state index contributed by atoms with van der Waals surface area (Å²) in [5.41, 5.74) is 5.79. The Bertz CT molecular complexity index is 441. The molecule has 84 valence electrons. The first-order valence-electron chi connectivity index (χ1n) is 5.15. The van der Waals surface area contributed by atoms with Gasteiger partial charge in [0.2, 0.25) is 17.5 Å². The van der Waals surface area contributed by atoms with E-state index in [2.05, 4.69) is 20.1 Å². The van der Waals surface area contributed by atoms with Gasteiger partial charge in [-0.25, -0.2) is 9.97 Å². The molecule has 6 heteroatoms. The van der Waals surface area contributed by atoms with E-state index >= 15 is 0 Å². The van der Waals surface area contributed by atoms with Gasteiger partial charge < -0.3 is 10.3 Å². The molecule has 0 radical (unpaired) electrons. The van der Waals surface area contributed by atoms with E-state index in [9.17, 15) is 0 Å². The Hall–Kier alpha value is -1.82. The van der Waals surface area contributed by atoms with Crippen LogP contribution in [0.4, 0.5) is 0 Å². The van der Waals surface area contributed by atoms with Crippen LogP contribution < -0.4 is 5.73 Å². The smallest absolute Gasteiger partial charge is 0.240 e. The molecule has 16 heavy (non-hydrogen) atoms. The molecule has 2 aromatic heterocycles. The van der Waals surface area contributed by atoms with Gasteiger partial charge in [0, 0.05) is 24.9 Å². The molecule has 0 aromatic carbocycles. The van der Waals surface area contributed by atoms with Crippen molar-refractivity contribution in [3.05, 3.63) is 24.4 Å². The predicted octanol–water partition coefficient (Wildman–Crippen LogP) is 0.806. The summed E-state index contributed by atoms with van der Waals surface area (Å²) < 4.78 is 5.07. The molecule has 0 saturated carbocycles. The zero-order valence-electron chi connectivity index (χ0n) is 9.00. The zero-order valence-corrected chi connectivity index (χ0v) is 9.00. The molecular weight excluding hydrogens is 206 g/mol. The minimum atomic E-state index is 0.0463. The van der Waals surface area contributed by atoms with Crippen molar-refractivity contribution in [3.63, 3.8) is 0 Å². The van der Waals surface area contributed by atoms with E-state index in [1.165, 1.54) is 0 Å². The second-order valence-corrected chi connectivity index (χ2v) is 3.46. The lowest BCUT2D eigenvalue weighted by molar-refractivity contribution is 0.367. The van der Waals surface area contributed by atoms with Crippen LogP contribution in [0.3, 0.4) is 0 Å². The fourth-order valence-corrected chi connectivity index (χ4v) is 1.21. The monoisotopic (exact) mass is 219 g/mol. The fraction of sp³-hybridized carbons (Fsp3) is 0.400. The van der Waals surface area contributed by atoms with E-state index in [0.29, 0.717) is 24.0 Å². The molecule has 0 aliphatic carbocycles. The van der Waals surface area contributed by atoms with Crippen LogP contribution in [0.2, 0.25) is 0 Å². The Morgan fingerprint density at radius 1 is 1.31 bits per heavy atom. The topological polar surface area (TPSA) is 90.7 Å². The molecule has 2 N–H and O–H groups in total. The highest BCUT2D eigenvalue weighted by Gasteiger charge is 2.12. The number of aromatic nitrogens is 4. The van der Waals surface area contributed by atoms with Gasteiger partial charge in [-0.2, -0.15) is 4.98 Å². The number of nitrogens with zero attached hydrogens (tertiary/aromatic N) is 4. The third-order valence-electron chi connectivity index (χ3n) is 2.20. The first-order chi connectivity index (χ1) is 7.79. The zero-order chi connectivity index (χ0) is 11.4. The summed E-state index contributed by atoms with van der Waals surface area (Å²) >= 11 is 0. The maximum Gasteiger partial charge on any atom is 0.240 e. The van der Waals surface area contributed by atoms with E-state index < -0.39 is 0 Å². The highest BCUT2D eigenvalue weighted by Crippen LogP contribution is 2.10. The fourth-order valence-electron chi connectivity index (χ4n) is 1.21. The lowest BCUT2D eigenvalue weighted by atomic mass is 10.2. The van der Waals surface area contributed by atoms with Crippen LogP contribution in [0, 0.1) is 0 Å². The van der Waals surface area contributed by atoms with Crippen LogP contribution in [0.25, 0.3) is 11.6 Å². The summed E-state index contributed by atoms with van der Waals surface area (Å²) in [6, 6.07) is 1.78. The molecule has 2 heterocycles. The van der Waals surface area contributed by atoms with Crippen LogP contribution in [-0.4, -0.2) is 26.2 Å². The van der Waals surface area contributed by atoms with E-state index in [1.807, 2.05) is 6.92 Å². The maximum absolute atomic E-state index is 5.79. The van der Waals surface area contributed by atoms with Crippen LogP contribution in [0.1, 0.15) is 19.2 Å². The quantitative estimate of drug-likeness (QED) is 0.818. The van der Waals surface area contributed by atoms with Gasteiger partial charge in [0.15, 0.2) is 0 Å². The summed E-state index contributed by atoms with van der Waals surface area (Å²) in [6.45, 7) is 2.02. The van der Waals surface area contributed by atoms with Crippen molar-refractivity contribution in [2.75, 3.05) is 0 Å². The minimum absolute atomic E-state index is 0.0463. The van der Waals surface area contributed by atoms with Crippen molar-refractivity contribution in [1.82, 2.24) is 20.1 Å². The van der Waals surface area contributed by atoms with Crippen molar-refractivity contribution in [1.29, 1.82) is 0 Å². The van der Waals surface area contributed by atoms with E-state index in [4.69, 9.17) is 10.3 Å². The molecule has 0 aliphatic rings. The molecular formula is C10H13N5O. The van der Waals surface area contributed by atoms with Gasteiger partial charge in [-0.1, -0.05) is 12.1 Å². The highest BCUT2D eigenvalue weighted by molar-refractivity contribution is 5.40. The molecule has 1 unspecified atom stereocenters. The Morgan fingerprint density at radius 3 is 2.75 bits per heavy atom. The van der Waals surface area contributed by atoms with Crippen LogP contribution >= 0.6 is 0 Å². The molecule has 2 aromatic rings. The third-order valence-corrected chi connectivity index (χ3v) is 2.20. The maximum atomic E-state index is 5.79. The normalized spacial score (nSPS) is 12.6. The first-order valence-corrected chi connectivity index (χ1v) is 5.15. The number of hydrogen-bond donors (Lipinski definition) is 1. The second-order valence-electron chi connectivity index (χ2n) is 3.46. The van der Waals surface area contributed by atoms with Crippen LogP contribution in [0.15, 0.2) is 23.0 Å². The minimum Gasteiger partial charge on any atom is -0.339 e. The van der Waals surface area contributed by atoms with Crippen molar-refractivity contribution in [3.8, 4) is 11.6 Å². The Morgan fingerprint density at radius 2 is 2.06 bits per heavy atom. The molecule has 0 fully saturated rings. The average Bonchev–Trinajstić information content (AvgIpc) is 2.78. The van der Waals surface area contributed by atoms with Gasteiger partial charge in [0.05, 0.1) is 0 Å². The third kappa shape index (κ3) is 2.40. The summed E-state index contributed by atoms with van der Waals surface area (Å²) in [6.07, 6.45) is 4.72. The van der Waals surface area contributed by atoms with Gasteiger partial charge in [-0.3, -0.25) is 0 Å². The molecule has 0 saturated heterocycles. The number of hydrogen-bond acceptors (Lipinski definition) is 6. The van der Waals surface area contributed by atoms with Gasteiger partial charge >= 0.3 is 0 Å². The summed E-state index contributed by atoms with van der Waals surface area (Å²) in [5, 5.41) is 3.81. The van der Waals surface area contributed by atoms with E-state index in [1.54, 1.807) is 18.5 Å². The average molecular weight is 219 g/mol. The lowest BCUT2D eigenvalue weighted by Gasteiger charge is -2.02. The van der Waals surface area contributed by atoms with Crippen LogP contribution in [-0.2, 0) is 6.42 Å². The largest absolute Gasteiger partial charge is 0.339 e. The molecule has 1 atom stereocenters. The first kappa shape index (κ1) is 10.7. The second kappa shape index (κ2) is 4.80. The lowest BCUT2D eigenvalue weighted by Crippen LogP contribution is -2.21. The van der Waals surface area contributed by atoms with Crippen molar-refractivity contribution < 1.29 is 4.52 Å². The highest BCUT2D eigenvalue weighted by atomic mass is 16.5. The van der Waals surface area contributed by atoms with Gasteiger partial charge in [-0.15, -0.1) is 0 Å². The molecule has 0 amide bonds. The molecule has 0 bridgehead atoms. The molecule has 2 rings (SSSR count). The van der Waals surface area contributed by atoms with Gasteiger partial charge in [0.1, 0.15) is 0 Å². The van der Waals surface area contributed by atoms with Crippen molar-refractivity contribution in [2.24, 2.45) is 5.73 Å². The molecule has 0 spiro atoms. The number of nitrogens with two attached hydrogens (primary N) is 1. The molecule has 6 nitrogen and oxygen atoms in total. The SMILES string of the molecule is CCC(N)Cc1nc(-c2ncccn2)no1. The van der Waals surface area contributed by atoms with E-state index in [0.717, 1.165) is 6.42 Å².